The van der Waals surface area contributed by atoms with Crippen molar-refractivity contribution >= 4 is 68.5 Å². The number of hydrogen-bond donors (Lipinski definition) is 5. The van der Waals surface area contributed by atoms with Gasteiger partial charge >= 0.3 is 5.91 Å². The highest BCUT2D eigenvalue weighted by atomic mass is 32.2. The lowest BCUT2D eigenvalue weighted by atomic mass is 9.66. The molecule has 4 amide bonds. The third kappa shape index (κ3) is 13.6. The number of benzene rings is 1. The summed E-state index contributed by atoms with van der Waals surface area (Å²) in [6.07, 6.45) is 8.21. The van der Waals surface area contributed by atoms with Gasteiger partial charge in [-0.25, -0.2) is 27.7 Å². The van der Waals surface area contributed by atoms with Gasteiger partial charge in [-0.05, 0) is 80.3 Å². The Balaban J connectivity index is 1.84. The van der Waals surface area contributed by atoms with Gasteiger partial charge in [0.1, 0.15) is 18.3 Å². The first-order valence-electron chi connectivity index (χ1n) is 21.7. The number of rotatable bonds is 23. The molecule has 0 bridgehead atoms. The smallest absolute Gasteiger partial charge is 0.306 e. The molecule has 1 saturated carbocycles. The minimum atomic E-state index is -5.48. The Morgan fingerprint density at radius 3 is 2.18 bits per heavy atom. The maximum atomic E-state index is 15.0. The van der Waals surface area contributed by atoms with E-state index in [1.807, 2.05) is 5.32 Å². The van der Waals surface area contributed by atoms with Crippen molar-refractivity contribution in [2.24, 2.45) is 40.9 Å². The molecule has 67 heavy (non-hydrogen) atoms. The number of amides is 4. The number of carbonyl (C=O) groups excluding carboxylic acids is 7. The van der Waals surface area contributed by atoms with Gasteiger partial charge in [0, 0.05) is 30.9 Å². The predicted molar refractivity (Wildman–Crippen MR) is 242 cm³/mol. The molecule has 2 heterocycles. The van der Waals surface area contributed by atoms with E-state index in [4.69, 9.17) is 17.2 Å². The van der Waals surface area contributed by atoms with Crippen molar-refractivity contribution in [3.05, 3.63) is 71.1 Å². The second kappa shape index (κ2) is 23.7. The second-order valence-electron chi connectivity index (χ2n) is 17.0. The molecule has 1 unspecified atom stereocenters. The van der Waals surface area contributed by atoms with E-state index < -0.39 is 121 Å². The van der Waals surface area contributed by atoms with E-state index in [0.717, 1.165) is 30.1 Å². The molecule has 4 rings (SSSR count). The molecule has 8 N–H and O–H groups in total. The minimum absolute atomic E-state index is 0.0373. The number of nitrogens with zero attached hydrogens (tertiary/aromatic N) is 6. The van der Waals surface area contributed by atoms with Gasteiger partial charge in [0.15, 0.2) is 16.7 Å². The number of imide groups is 1. The molecule has 362 valence electrons. The molecule has 0 spiro atoms. The Hall–Kier alpha value is -5.95. The molecule has 1 aromatic carbocycles. The van der Waals surface area contributed by atoms with Gasteiger partial charge in [-0.2, -0.15) is 0 Å². The summed E-state index contributed by atoms with van der Waals surface area (Å²) in [5.41, 5.74) is 15.9. The molecule has 6 atom stereocenters. The molecule has 1 aliphatic carbocycles. The minimum Gasteiger partial charge on any atom is -0.339 e. The summed E-state index contributed by atoms with van der Waals surface area (Å²) in [4.78, 5) is 124. The number of sulfonamides is 1. The van der Waals surface area contributed by atoms with Gasteiger partial charge in [-0.15, -0.1) is 0 Å². The number of hydrogen-bond acceptors (Lipinski definition) is 19. The summed E-state index contributed by atoms with van der Waals surface area (Å²) in [5, 5.41) is 16.9. The predicted octanol–water partition coefficient (Wildman–Crippen LogP) is 2.04. The SMILES string of the molecule is CC[C@H](C)[C@H](N)C(=O)C(C[C@@](N)(C(=O)C(=O)N(CC(=O)NC(=O)[C@H](CC(C)C)NC(=O)c1cnccn1)S(=O)(=O)c1ccc(Sc2ncccn2)c([N+](=O)[O-])c1)C1CCCCC1)C(=O)[C@H](C)N. The van der Waals surface area contributed by atoms with Crippen LogP contribution in [0.15, 0.2) is 70.2 Å². The number of aromatic nitrogens is 4. The molecular formula is C43H57N11O11S2. The average molecular weight is 968 g/mol. The van der Waals surface area contributed by atoms with Crippen molar-refractivity contribution in [3.63, 3.8) is 0 Å². The number of Topliss-reactive ketones (excluding diaryl/α,β-unsaturated/α-hetero) is 3. The van der Waals surface area contributed by atoms with Crippen LogP contribution < -0.4 is 27.8 Å². The third-order valence-electron chi connectivity index (χ3n) is 11.6. The van der Waals surface area contributed by atoms with Crippen LogP contribution in [0.25, 0.3) is 0 Å². The number of nitro groups is 1. The van der Waals surface area contributed by atoms with Gasteiger partial charge in [0.25, 0.3) is 21.6 Å². The Morgan fingerprint density at radius 1 is 0.955 bits per heavy atom. The van der Waals surface area contributed by atoms with Gasteiger partial charge in [0.05, 0.1) is 44.5 Å². The average Bonchev–Trinajstić information content (AvgIpc) is 3.31. The fraction of sp³-hybridized carbons (Fsp3) is 0.512. The lowest BCUT2D eigenvalue weighted by molar-refractivity contribution is -0.388. The molecule has 2 aromatic heterocycles. The highest BCUT2D eigenvalue weighted by molar-refractivity contribution is 7.99. The molecule has 1 fully saturated rings. The summed E-state index contributed by atoms with van der Waals surface area (Å²) in [7, 11) is -5.48. The maximum Gasteiger partial charge on any atom is 0.306 e. The van der Waals surface area contributed by atoms with E-state index in [1.54, 1.807) is 27.7 Å². The summed E-state index contributed by atoms with van der Waals surface area (Å²) in [6, 6.07) is 0.168. The zero-order valence-electron chi connectivity index (χ0n) is 37.8. The van der Waals surface area contributed by atoms with Crippen LogP contribution in [0.1, 0.15) is 96.5 Å². The first-order chi connectivity index (χ1) is 31.5. The quantitative estimate of drug-likeness (QED) is 0.0298. The van der Waals surface area contributed by atoms with E-state index in [-0.39, 0.29) is 45.2 Å². The van der Waals surface area contributed by atoms with Crippen LogP contribution in [-0.4, -0.2) is 109 Å². The van der Waals surface area contributed by atoms with E-state index in [9.17, 15) is 52.1 Å². The van der Waals surface area contributed by atoms with E-state index >= 15 is 0 Å². The third-order valence-corrected chi connectivity index (χ3v) is 14.3. The van der Waals surface area contributed by atoms with Crippen LogP contribution in [0.2, 0.25) is 0 Å². The van der Waals surface area contributed by atoms with Crippen LogP contribution in [-0.2, 0) is 38.8 Å². The Morgan fingerprint density at radius 2 is 1.61 bits per heavy atom. The molecule has 0 aliphatic heterocycles. The van der Waals surface area contributed by atoms with Crippen LogP contribution in [0.5, 0.6) is 0 Å². The first kappa shape index (κ1) is 53.7. The molecule has 1 aliphatic rings. The van der Waals surface area contributed by atoms with Crippen LogP contribution in [0.4, 0.5) is 5.69 Å². The lowest BCUT2D eigenvalue weighted by Crippen LogP contribution is -2.63. The summed E-state index contributed by atoms with van der Waals surface area (Å²) in [5.74, 6) is -11.9. The molecule has 3 aromatic rings. The highest BCUT2D eigenvalue weighted by Crippen LogP contribution is 2.39. The van der Waals surface area contributed by atoms with Crippen molar-refractivity contribution in [1.82, 2.24) is 34.9 Å². The van der Waals surface area contributed by atoms with Crippen LogP contribution in [0.3, 0.4) is 0 Å². The number of nitro benzene ring substituents is 1. The number of nitrogens with one attached hydrogen (secondary N) is 2. The Kier molecular flexibility index (Phi) is 19.0. The van der Waals surface area contributed by atoms with Crippen molar-refractivity contribution in [1.29, 1.82) is 0 Å². The van der Waals surface area contributed by atoms with E-state index in [1.165, 1.54) is 37.8 Å². The van der Waals surface area contributed by atoms with Crippen molar-refractivity contribution in [2.45, 2.75) is 125 Å². The van der Waals surface area contributed by atoms with Gasteiger partial charge in [-0.3, -0.25) is 54.0 Å². The fourth-order valence-electron chi connectivity index (χ4n) is 7.60. The standard InChI is InChI=1S/C43H57N11O11S2/c1-6-25(4)35(45)37(57)29(36(56)26(5)44)21-43(46,27-11-8-7-9-12-27)38(58)41(61)53(23-34(55)52-39(59)30(19-24(2)3)51-40(60)31-22-47-17-18-48-31)67(64,65)28-13-14-33(32(20-28)54(62)63)66-42-49-15-10-16-50-42/h10,13-18,20,22,24-27,29-30,35H,6-9,11-12,19,21,23,44-46H2,1-5H3,(H,51,60)(H,52,55,59)/t25-,26-,29?,30-,35-,43-/m0/s1. The number of nitrogens with two attached hydrogens (primary N) is 3. The van der Waals surface area contributed by atoms with Crippen molar-refractivity contribution in [2.75, 3.05) is 6.54 Å². The normalized spacial score (nSPS) is 16.3. The maximum absolute atomic E-state index is 15.0. The summed E-state index contributed by atoms with van der Waals surface area (Å²) < 4.78 is 29.3. The number of ketones is 3. The first-order valence-corrected chi connectivity index (χ1v) is 23.9. The van der Waals surface area contributed by atoms with Crippen molar-refractivity contribution < 1.29 is 46.9 Å². The van der Waals surface area contributed by atoms with Crippen LogP contribution in [0, 0.1) is 33.8 Å². The summed E-state index contributed by atoms with van der Waals surface area (Å²) in [6.45, 7) is 6.65. The Labute approximate surface area is 392 Å². The molecule has 24 heteroatoms. The lowest BCUT2D eigenvalue weighted by Gasteiger charge is -2.41. The highest BCUT2D eigenvalue weighted by Gasteiger charge is 2.52. The largest absolute Gasteiger partial charge is 0.339 e. The van der Waals surface area contributed by atoms with Crippen LogP contribution >= 0.6 is 11.8 Å². The molecule has 22 nitrogen and oxygen atoms in total. The van der Waals surface area contributed by atoms with E-state index in [2.05, 4.69) is 25.3 Å². The van der Waals surface area contributed by atoms with Gasteiger partial charge in [-0.1, -0.05) is 53.4 Å². The van der Waals surface area contributed by atoms with Gasteiger partial charge in [0.2, 0.25) is 17.6 Å². The number of carbonyl (C=O) groups is 7. The topological polar surface area (TPSA) is 354 Å². The van der Waals surface area contributed by atoms with E-state index in [0.29, 0.717) is 31.7 Å². The van der Waals surface area contributed by atoms with Crippen molar-refractivity contribution in [3.8, 4) is 0 Å². The Bertz CT molecular complexity index is 2420. The second-order valence-corrected chi connectivity index (χ2v) is 19.8. The molecule has 0 saturated heterocycles. The monoisotopic (exact) mass is 967 g/mol. The van der Waals surface area contributed by atoms with Gasteiger partial charge < -0.3 is 22.5 Å². The zero-order valence-corrected chi connectivity index (χ0v) is 39.5. The molecular weight excluding hydrogens is 911 g/mol. The summed E-state index contributed by atoms with van der Waals surface area (Å²) >= 11 is 0.723. The molecule has 0 radical (unpaired) electrons. The zero-order chi connectivity index (χ0) is 49.8. The fourth-order valence-corrected chi connectivity index (χ4v) is 9.74.